The number of aliphatic hydroxyl groups is 1. The predicted molar refractivity (Wildman–Crippen MR) is 115 cm³/mol. The third kappa shape index (κ3) is 4.56. The fraction of sp³-hybridized carbons (Fsp3) is 0.278. The summed E-state index contributed by atoms with van der Waals surface area (Å²) >= 11 is 13.6. The average molecular weight is 482 g/mol. The molecule has 0 aliphatic heterocycles. The highest BCUT2D eigenvalue weighted by atomic mass is 35.5. The Hall–Kier alpha value is -1.09. The maximum Gasteiger partial charge on any atom is 0.224 e. The van der Waals surface area contributed by atoms with E-state index in [1.165, 1.54) is 29.5 Å². The van der Waals surface area contributed by atoms with Gasteiger partial charge in [-0.05, 0) is 35.6 Å². The van der Waals surface area contributed by atoms with E-state index < -0.39 is 9.84 Å². The molecule has 152 valence electrons. The number of benzene rings is 1. The van der Waals surface area contributed by atoms with Gasteiger partial charge in [0.1, 0.15) is 12.4 Å². The van der Waals surface area contributed by atoms with Crippen molar-refractivity contribution in [3.8, 4) is 0 Å². The van der Waals surface area contributed by atoms with Crippen molar-refractivity contribution in [1.82, 2.24) is 9.55 Å². The van der Waals surface area contributed by atoms with Crippen LogP contribution in [0.15, 0.2) is 45.6 Å². The van der Waals surface area contributed by atoms with E-state index in [4.69, 9.17) is 23.2 Å². The number of sulfone groups is 1. The van der Waals surface area contributed by atoms with E-state index in [1.807, 2.05) is 31.4 Å². The molecule has 5 nitrogen and oxygen atoms in total. The fourth-order valence-electron chi connectivity index (χ4n) is 2.80. The standard InChI is InChI=1S/C18H18Cl2N2O3S2.ClH/c1-11(2)17-18(27(24,25)15-7-12(19)6-13(20)8-15)22(16(10-23)21-17)9-14-4-3-5-26-14;/h3-8,11,23H,9-10H2,1-2H3;1H. The maximum absolute atomic E-state index is 13.5. The van der Waals surface area contributed by atoms with Gasteiger partial charge in [-0.2, -0.15) is 0 Å². The number of rotatable bonds is 6. The minimum Gasteiger partial charge on any atom is -0.388 e. The van der Waals surface area contributed by atoms with Crippen LogP contribution in [0.1, 0.15) is 36.2 Å². The second-order valence-corrected chi connectivity index (χ2v) is 10.1. The molecule has 0 saturated heterocycles. The number of thiophene rings is 1. The highest BCUT2D eigenvalue weighted by Crippen LogP contribution is 2.33. The minimum absolute atomic E-state index is 0. The number of aromatic nitrogens is 2. The smallest absolute Gasteiger partial charge is 0.224 e. The fourth-order valence-corrected chi connectivity index (χ4v) is 5.95. The van der Waals surface area contributed by atoms with Crippen molar-refractivity contribution < 1.29 is 13.5 Å². The van der Waals surface area contributed by atoms with Gasteiger partial charge in [0.05, 0.1) is 17.1 Å². The summed E-state index contributed by atoms with van der Waals surface area (Å²) in [5.41, 5.74) is 0.409. The summed E-state index contributed by atoms with van der Waals surface area (Å²) in [5.74, 6) is 0.151. The highest BCUT2D eigenvalue weighted by molar-refractivity contribution is 7.91. The van der Waals surface area contributed by atoms with Crippen molar-refractivity contribution in [2.75, 3.05) is 0 Å². The lowest BCUT2D eigenvalue weighted by atomic mass is 10.1. The van der Waals surface area contributed by atoms with Crippen LogP contribution in [0.25, 0.3) is 0 Å². The Bertz CT molecular complexity index is 1040. The van der Waals surface area contributed by atoms with Crippen molar-refractivity contribution in [3.05, 3.63) is 62.2 Å². The van der Waals surface area contributed by atoms with Gasteiger partial charge in [0.15, 0.2) is 5.03 Å². The Balaban J connectivity index is 0.00000280. The molecule has 0 aliphatic carbocycles. The molecule has 0 spiro atoms. The number of halogens is 3. The zero-order chi connectivity index (χ0) is 19.8. The molecular weight excluding hydrogens is 463 g/mol. The minimum atomic E-state index is -3.96. The molecule has 0 radical (unpaired) electrons. The topological polar surface area (TPSA) is 72.2 Å². The first-order valence-corrected chi connectivity index (χ1v) is 11.3. The SMILES string of the molecule is CC(C)c1nc(CO)n(Cc2cccs2)c1S(=O)(=O)c1cc(Cl)cc(Cl)c1.Cl. The van der Waals surface area contributed by atoms with E-state index >= 15 is 0 Å². The molecule has 0 saturated carbocycles. The van der Waals surface area contributed by atoms with Crippen LogP contribution in [0.5, 0.6) is 0 Å². The van der Waals surface area contributed by atoms with Gasteiger partial charge in [-0.3, -0.25) is 0 Å². The molecule has 1 N–H and O–H groups in total. The second kappa shape index (κ2) is 9.15. The van der Waals surface area contributed by atoms with Crippen molar-refractivity contribution in [2.45, 2.75) is 42.8 Å². The summed E-state index contributed by atoms with van der Waals surface area (Å²) in [5, 5.41) is 12.2. The lowest BCUT2D eigenvalue weighted by Gasteiger charge is -2.14. The molecule has 0 atom stereocenters. The maximum atomic E-state index is 13.5. The lowest BCUT2D eigenvalue weighted by molar-refractivity contribution is 0.264. The molecule has 0 unspecified atom stereocenters. The van der Waals surface area contributed by atoms with Gasteiger partial charge in [0.25, 0.3) is 0 Å². The first-order valence-electron chi connectivity index (χ1n) is 8.17. The van der Waals surface area contributed by atoms with Crippen LogP contribution in [0.2, 0.25) is 10.0 Å². The largest absolute Gasteiger partial charge is 0.388 e. The summed E-state index contributed by atoms with van der Waals surface area (Å²) in [6.45, 7) is 3.67. The van der Waals surface area contributed by atoms with Gasteiger partial charge in [0, 0.05) is 14.9 Å². The molecule has 3 rings (SSSR count). The lowest BCUT2D eigenvalue weighted by Crippen LogP contribution is -2.15. The van der Waals surface area contributed by atoms with E-state index in [2.05, 4.69) is 4.98 Å². The van der Waals surface area contributed by atoms with Crippen molar-refractivity contribution >= 4 is 56.8 Å². The third-order valence-electron chi connectivity index (χ3n) is 4.01. The quantitative estimate of drug-likeness (QED) is 0.527. The first-order chi connectivity index (χ1) is 12.7. The molecule has 10 heteroatoms. The van der Waals surface area contributed by atoms with Crippen LogP contribution in [0, 0.1) is 0 Å². The van der Waals surface area contributed by atoms with Gasteiger partial charge < -0.3 is 9.67 Å². The van der Waals surface area contributed by atoms with Gasteiger partial charge in [0.2, 0.25) is 9.84 Å². The van der Waals surface area contributed by atoms with Gasteiger partial charge >= 0.3 is 0 Å². The van der Waals surface area contributed by atoms with Crippen molar-refractivity contribution in [1.29, 1.82) is 0 Å². The zero-order valence-corrected chi connectivity index (χ0v) is 19.1. The molecule has 2 heterocycles. The summed E-state index contributed by atoms with van der Waals surface area (Å²) in [7, 11) is -3.96. The van der Waals surface area contributed by atoms with Gasteiger partial charge in [-0.15, -0.1) is 23.7 Å². The van der Waals surface area contributed by atoms with Crippen LogP contribution in [0.4, 0.5) is 0 Å². The first kappa shape index (κ1) is 23.2. The summed E-state index contributed by atoms with van der Waals surface area (Å²) in [6, 6.07) is 8.02. The van der Waals surface area contributed by atoms with E-state index in [9.17, 15) is 13.5 Å². The van der Waals surface area contributed by atoms with E-state index in [0.717, 1.165) is 4.88 Å². The highest BCUT2D eigenvalue weighted by Gasteiger charge is 2.31. The molecule has 1 aromatic carbocycles. The normalized spacial score (nSPS) is 11.6. The molecule has 0 bridgehead atoms. The Morgan fingerprint density at radius 1 is 1.21 bits per heavy atom. The molecule has 0 aliphatic rings. The van der Waals surface area contributed by atoms with E-state index in [1.54, 1.807) is 4.57 Å². The van der Waals surface area contributed by atoms with Gasteiger partial charge in [-0.1, -0.05) is 43.1 Å². The Labute approximate surface area is 184 Å². The Kier molecular flexibility index (Phi) is 7.58. The second-order valence-electron chi connectivity index (χ2n) is 6.31. The zero-order valence-electron chi connectivity index (χ0n) is 15.1. The van der Waals surface area contributed by atoms with E-state index in [-0.39, 0.29) is 44.9 Å². The van der Waals surface area contributed by atoms with Crippen LogP contribution < -0.4 is 0 Å². The number of aliphatic hydroxyl groups excluding tert-OH is 1. The van der Waals surface area contributed by atoms with Crippen LogP contribution >= 0.6 is 46.9 Å². The summed E-state index contributed by atoms with van der Waals surface area (Å²) in [6.07, 6.45) is 0. The van der Waals surface area contributed by atoms with Gasteiger partial charge in [-0.25, -0.2) is 13.4 Å². The number of hydrogen-bond donors (Lipinski definition) is 1. The van der Waals surface area contributed by atoms with E-state index in [0.29, 0.717) is 18.1 Å². The molecule has 28 heavy (non-hydrogen) atoms. The Morgan fingerprint density at radius 3 is 2.36 bits per heavy atom. The number of nitrogens with zero attached hydrogens (tertiary/aromatic N) is 2. The summed E-state index contributed by atoms with van der Waals surface area (Å²) < 4.78 is 28.5. The third-order valence-corrected chi connectivity index (χ3v) is 7.10. The predicted octanol–water partition coefficient (Wildman–Crippen LogP) is 5.17. The van der Waals surface area contributed by atoms with Crippen LogP contribution in [-0.4, -0.2) is 23.1 Å². The monoisotopic (exact) mass is 480 g/mol. The van der Waals surface area contributed by atoms with Crippen molar-refractivity contribution in [2.24, 2.45) is 0 Å². The van der Waals surface area contributed by atoms with Crippen molar-refractivity contribution in [3.63, 3.8) is 0 Å². The van der Waals surface area contributed by atoms with Crippen LogP contribution in [0.3, 0.4) is 0 Å². The molecule has 2 aromatic heterocycles. The molecule has 0 amide bonds. The summed E-state index contributed by atoms with van der Waals surface area (Å²) in [4.78, 5) is 5.37. The van der Waals surface area contributed by atoms with Crippen LogP contribution in [-0.2, 0) is 23.0 Å². The Morgan fingerprint density at radius 2 is 1.86 bits per heavy atom. The average Bonchev–Trinajstić information content (AvgIpc) is 3.22. The molecule has 3 aromatic rings. The molecular formula is C18H19Cl3N2O3S2. The molecule has 0 fully saturated rings. The number of imidazole rings is 1. The number of hydrogen-bond acceptors (Lipinski definition) is 5.